The van der Waals surface area contributed by atoms with Gasteiger partial charge in [-0.3, -0.25) is 0 Å². The predicted octanol–water partition coefficient (Wildman–Crippen LogP) is 7.73. The molecule has 3 aromatic rings. The highest BCUT2D eigenvalue weighted by atomic mass is 127. The van der Waals surface area contributed by atoms with E-state index in [1.54, 1.807) is 33.1 Å². The number of halogens is 2. The monoisotopic (exact) mass is 626 g/mol. The van der Waals surface area contributed by atoms with Crippen LogP contribution in [-0.4, -0.2) is 33.7 Å². The fourth-order valence-corrected chi connectivity index (χ4v) is 6.05. The fourth-order valence-electron chi connectivity index (χ4n) is 4.19. The van der Waals surface area contributed by atoms with Gasteiger partial charge in [0.2, 0.25) is 5.75 Å². The Morgan fingerprint density at radius 3 is 2.26 bits per heavy atom. The molecule has 2 unspecified atom stereocenters. The summed E-state index contributed by atoms with van der Waals surface area (Å²) in [6.07, 6.45) is 1.48. The molecule has 186 valence electrons. The summed E-state index contributed by atoms with van der Waals surface area (Å²) >= 11 is 10.7. The molecule has 35 heavy (non-hydrogen) atoms. The van der Waals surface area contributed by atoms with Crippen LogP contribution in [0.4, 0.5) is 0 Å². The molecule has 5 nitrogen and oxygen atoms in total. The fraction of sp³-hybridized carbons (Fsp3) is 0.333. The summed E-state index contributed by atoms with van der Waals surface area (Å²) in [7, 11) is 4.84. The summed E-state index contributed by atoms with van der Waals surface area (Å²) in [4.78, 5) is 1.22. The van der Waals surface area contributed by atoms with E-state index in [0.717, 1.165) is 33.3 Å². The van der Waals surface area contributed by atoms with Crippen molar-refractivity contribution in [1.82, 2.24) is 0 Å². The van der Waals surface area contributed by atoms with Crippen molar-refractivity contribution >= 4 is 46.0 Å². The molecule has 1 fully saturated rings. The topological polar surface area (TPSA) is 46.2 Å². The highest BCUT2D eigenvalue weighted by Gasteiger charge is 2.32. The average molecular weight is 627 g/mol. The Bertz CT molecular complexity index is 1120. The quantitative estimate of drug-likeness (QED) is 0.130. The summed E-state index contributed by atoms with van der Waals surface area (Å²) < 4.78 is 30.3. The van der Waals surface area contributed by atoms with Crippen LogP contribution in [0.15, 0.2) is 59.5 Å². The lowest BCUT2D eigenvalue weighted by molar-refractivity contribution is 0.0421. The van der Waals surface area contributed by atoms with Crippen LogP contribution in [0.2, 0.25) is 5.02 Å². The van der Waals surface area contributed by atoms with Crippen molar-refractivity contribution in [3.63, 3.8) is 0 Å². The third-order valence-electron chi connectivity index (χ3n) is 5.80. The second-order valence-electron chi connectivity index (χ2n) is 7.97. The van der Waals surface area contributed by atoms with E-state index in [9.17, 15) is 0 Å². The van der Waals surface area contributed by atoms with Gasteiger partial charge in [-0.2, -0.15) is 0 Å². The molecule has 0 amide bonds. The Labute approximate surface area is 229 Å². The zero-order valence-electron chi connectivity index (χ0n) is 19.9. The molecule has 0 aliphatic carbocycles. The molecule has 0 aromatic heterocycles. The smallest absolute Gasteiger partial charge is 0.203 e. The molecule has 0 N–H and O–H groups in total. The van der Waals surface area contributed by atoms with Crippen LogP contribution in [-0.2, 0) is 4.74 Å². The molecule has 0 saturated carbocycles. The van der Waals surface area contributed by atoms with E-state index in [1.807, 2.05) is 36.4 Å². The summed E-state index contributed by atoms with van der Waals surface area (Å²) in [5.74, 6) is 3.33. The molecule has 0 bridgehead atoms. The molecule has 0 radical (unpaired) electrons. The molecule has 1 aliphatic rings. The van der Waals surface area contributed by atoms with E-state index < -0.39 is 0 Å². The first-order chi connectivity index (χ1) is 17.0. The van der Waals surface area contributed by atoms with Crippen molar-refractivity contribution in [2.75, 3.05) is 33.7 Å². The van der Waals surface area contributed by atoms with E-state index in [0.29, 0.717) is 34.6 Å². The molecule has 2 atom stereocenters. The van der Waals surface area contributed by atoms with Gasteiger partial charge in [-0.25, -0.2) is 0 Å². The van der Waals surface area contributed by atoms with Gasteiger partial charge < -0.3 is 23.7 Å². The van der Waals surface area contributed by atoms with Gasteiger partial charge in [-0.05, 0) is 77.4 Å². The van der Waals surface area contributed by atoms with Gasteiger partial charge in [-0.15, -0.1) is 11.8 Å². The first kappa shape index (κ1) is 26.3. The number of hydrogen-bond donors (Lipinski definition) is 0. The molecule has 1 saturated heterocycles. The van der Waals surface area contributed by atoms with Crippen LogP contribution in [0.3, 0.4) is 0 Å². The summed E-state index contributed by atoms with van der Waals surface area (Å²) in [5.41, 5.74) is 1.97. The maximum atomic E-state index is 6.64. The standard InChI is InChI=1S/C27H28ClIO5S/c1-30-24-13-17(14-25(31-2)27(24)32-3)22-9-10-23(34-22)20-15-18(29)16-21(28)26(20)33-11-12-35-19-7-5-4-6-8-19/h4-8,13-16,22-23H,9-12H2,1-3H3. The molecule has 4 rings (SSSR count). The Morgan fingerprint density at radius 2 is 1.60 bits per heavy atom. The van der Waals surface area contributed by atoms with Crippen molar-refractivity contribution < 1.29 is 23.7 Å². The van der Waals surface area contributed by atoms with Gasteiger partial charge in [0, 0.05) is 19.8 Å². The lowest BCUT2D eigenvalue weighted by Gasteiger charge is -2.20. The van der Waals surface area contributed by atoms with Gasteiger partial charge in [0.1, 0.15) is 5.75 Å². The number of hydrogen-bond acceptors (Lipinski definition) is 6. The summed E-state index contributed by atoms with van der Waals surface area (Å²) in [6.45, 7) is 0.551. The van der Waals surface area contributed by atoms with Crippen LogP contribution >= 0.6 is 46.0 Å². The molecule has 8 heteroatoms. The number of ether oxygens (including phenoxy) is 5. The number of rotatable bonds is 10. The van der Waals surface area contributed by atoms with E-state index in [1.165, 1.54) is 4.90 Å². The van der Waals surface area contributed by atoms with Crippen molar-refractivity contribution in [3.8, 4) is 23.0 Å². The van der Waals surface area contributed by atoms with Crippen LogP contribution in [0.5, 0.6) is 23.0 Å². The van der Waals surface area contributed by atoms with Crippen LogP contribution in [0.25, 0.3) is 0 Å². The highest BCUT2D eigenvalue weighted by molar-refractivity contribution is 14.1. The Kier molecular flexibility index (Phi) is 9.33. The zero-order valence-corrected chi connectivity index (χ0v) is 23.6. The van der Waals surface area contributed by atoms with Crippen molar-refractivity contribution in [2.45, 2.75) is 29.9 Å². The largest absolute Gasteiger partial charge is 0.493 e. The average Bonchev–Trinajstić information content (AvgIpc) is 3.37. The van der Waals surface area contributed by atoms with Crippen LogP contribution in [0.1, 0.15) is 36.2 Å². The minimum absolute atomic E-state index is 0.105. The zero-order chi connectivity index (χ0) is 24.8. The first-order valence-electron chi connectivity index (χ1n) is 11.3. The number of thioether (sulfide) groups is 1. The second kappa shape index (κ2) is 12.4. The Morgan fingerprint density at radius 1 is 0.914 bits per heavy atom. The maximum absolute atomic E-state index is 6.64. The SMILES string of the molecule is COc1cc(C2CCC(c3cc(I)cc(Cl)c3OCCSc3ccccc3)O2)cc(OC)c1OC. The van der Waals surface area contributed by atoms with Gasteiger partial charge >= 0.3 is 0 Å². The lowest BCUT2D eigenvalue weighted by Crippen LogP contribution is -2.07. The predicted molar refractivity (Wildman–Crippen MR) is 149 cm³/mol. The van der Waals surface area contributed by atoms with E-state index in [2.05, 4.69) is 40.8 Å². The van der Waals surface area contributed by atoms with Gasteiger partial charge in [-0.1, -0.05) is 29.8 Å². The van der Waals surface area contributed by atoms with Gasteiger partial charge in [0.05, 0.1) is 45.2 Å². The van der Waals surface area contributed by atoms with Crippen LogP contribution < -0.4 is 18.9 Å². The van der Waals surface area contributed by atoms with Crippen molar-refractivity contribution in [1.29, 1.82) is 0 Å². The molecular formula is C27H28ClIO5S. The van der Waals surface area contributed by atoms with Crippen molar-refractivity contribution in [3.05, 3.63) is 74.3 Å². The summed E-state index contributed by atoms with van der Waals surface area (Å²) in [5, 5.41) is 0.608. The normalized spacial score (nSPS) is 17.3. The molecule has 1 aliphatic heterocycles. The van der Waals surface area contributed by atoms with E-state index >= 15 is 0 Å². The van der Waals surface area contributed by atoms with Crippen molar-refractivity contribution in [2.24, 2.45) is 0 Å². The lowest BCUT2D eigenvalue weighted by atomic mass is 10.0. The number of benzene rings is 3. The maximum Gasteiger partial charge on any atom is 0.203 e. The molecule has 1 heterocycles. The van der Waals surface area contributed by atoms with Crippen LogP contribution in [0, 0.1) is 3.57 Å². The third kappa shape index (κ3) is 6.31. The first-order valence-corrected chi connectivity index (χ1v) is 13.7. The van der Waals surface area contributed by atoms with Gasteiger partial charge in [0.25, 0.3) is 0 Å². The van der Waals surface area contributed by atoms with E-state index in [4.69, 9.17) is 35.3 Å². The molecule has 3 aromatic carbocycles. The summed E-state index contributed by atoms with van der Waals surface area (Å²) in [6, 6.07) is 18.2. The number of methoxy groups -OCH3 is 3. The van der Waals surface area contributed by atoms with Gasteiger partial charge in [0.15, 0.2) is 11.5 Å². The van der Waals surface area contributed by atoms with E-state index in [-0.39, 0.29) is 12.2 Å². The molecule has 0 spiro atoms. The minimum Gasteiger partial charge on any atom is -0.493 e. The Hall–Kier alpha value is -1.81. The minimum atomic E-state index is -0.122. The third-order valence-corrected chi connectivity index (χ3v) is 7.68. The molecular weight excluding hydrogens is 599 g/mol. The Balaban J connectivity index is 1.50. The second-order valence-corrected chi connectivity index (χ2v) is 10.8. The highest BCUT2D eigenvalue weighted by Crippen LogP contribution is 2.48.